The van der Waals surface area contributed by atoms with Crippen molar-refractivity contribution in [1.82, 2.24) is 0 Å². The molecule has 3 N–H and O–H groups in total. The minimum Gasteiger partial charge on any atom is -0.504 e. The van der Waals surface area contributed by atoms with Crippen LogP contribution in [-0.2, 0) is 4.79 Å². The SMILES string of the molecule is O=C(O)C(=Cc1ccccc1)Oc1cccc(C(=O)O)c1O. The fraction of sp³-hybridized carbons (Fsp3) is 0. The summed E-state index contributed by atoms with van der Waals surface area (Å²) in [6, 6.07) is 12.4. The molecule has 0 heterocycles. The minimum absolute atomic E-state index is 0.246. The van der Waals surface area contributed by atoms with E-state index in [1.807, 2.05) is 0 Å². The highest BCUT2D eigenvalue weighted by Gasteiger charge is 2.17. The third kappa shape index (κ3) is 3.43. The van der Waals surface area contributed by atoms with Crippen LogP contribution in [0.25, 0.3) is 6.08 Å². The Hall–Kier alpha value is -3.28. The van der Waals surface area contributed by atoms with Gasteiger partial charge in [0, 0.05) is 0 Å². The van der Waals surface area contributed by atoms with Gasteiger partial charge in [0.15, 0.2) is 11.5 Å². The Morgan fingerprint density at radius 1 is 0.955 bits per heavy atom. The van der Waals surface area contributed by atoms with Crippen molar-refractivity contribution in [3.05, 3.63) is 65.4 Å². The number of hydrogen-bond acceptors (Lipinski definition) is 4. The van der Waals surface area contributed by atoms with E-state index in [4.69, 9.17) is 9.84 Å². The zero-order chi connectivity index (χ0) is 16.1. The van der Waals surface area contributed by atoms with Crippen LogP contribution in [0, 0.1) is 0 Å². The van der Waals surface area contributed by atoms with Crippen LogP contribution in [0.15, 0.2) is 54.3 Å². The summed E-state index contributed by atoms with van der Waals surface area (Å²) in [6.07, 6.45) is 1.27. The second kappa shape index (κ2) is 6.45. The standard InChI is InChI=1S/C16H12O6/c17-14-11(15(18)19)7-4-8-12(14)22-13(16(20)21)9-10-5-2-1-3-6-10/h1-9,17H,(H,18,19)(H,20,21). The van der Waals surface area contributed by atoms with Crippen LogP contribution < -0.4 is 4.74 Å². The molecule has 2 rings (SSSR count). The quantitative estimate of drug-likeness (QED) is 0.579. The first-order chi connectivity index (χ1) is 10.5. The van der Waals surface area contributed by atoms with E-state index in [0.717, 1.165) is 0 Å². The number of para-hydroxylation sites is 1. The molecule has 22 heavy (non-hydrogen) atoms. The maximum Gasteiger partial charge on any atom is 0.371 e. The number of carboxylic acid groups (broad SMARTS) is 2. The predicted octanol–water partition coefficient (Wildman–Crippen LogP) is 2.59. The third-order valence-corrected chi connectivity index (χ3v) is 2.76. The number of benzene rings is 2. The van der Waals surface area contributed by atoms with Gasteiger partial charge in [0.1, 0.15) is 5.56 Å². The molecule has 0 aliphatic heterocycles. The summed E-state index contributed by atoms with van der Waals surface area (Å²) in [7, 11) is 0. The highest BCUT2D eigenvalue weighted by atomic mass is 16.5. The van der Waals surface area contributed by atoms with Crippen molar-refractivity contribution < 1.29 is 29.6 Å². The molecule has 0 aliphatic rings. The van der Waals surface area contributed by atoms with Gasteiger partial charge in [0.25, 0.3) is 0 Å². The van der Waals surface area contributed by atoms with Gasteiger partial charge in [-0.3, -0.25) is 0 Å². The minimum atomic E-state index is -1.34. The molecular weight excluding hydrogens is 288 g/mol. The summed E-state index contributed by atoms with van der Waals surface area (Å²) in [5, 5.41) is 27.9. The van der Waals surface area contributed by atoms with Crippen molar-refractivity contribution >= 4 is 18.0 Å². The zero-order valence-electron chi connectivity index (χ0n) is 11.3. The fourth-order valence-electron chi connectivity index (χ4n) is 1.73. The summed E-state index contributed by atoms with van der Waals surface area (Å²) < 4.78 is 5.15. The lowest BCUT2D eigenvalue weighted by Crippen LogP contribution is -2.08. The molecule has 0 fully saturated rings. The highest BCUT2D eigenvalue weighted by molar-refractivity contribution is 5.93. The molecule has 0 aliphatic carbocycles. The first kappa shape index (κ1) is 15.1. The molecule has 6 heteroatoms. The largest absolute Gasteiger partial charge is 0.504 e. The van der Waals surface area contributed by atoms with E-state index in [2.05, 4.69) is 0 Å². The molecule has 0 saturated heterocycles. The van der Waals surface area contributed by atoms with Crippen LogP contribution in [0.2, 0.25) is 0 Å². The number of phenols is 1. The lowest BCUT2D eigenvalue weighted by molar-refractivity contribution is -0.134. The van der Waals surface area contributed by atoms with E-state index in [1.165, 1.54) is 24.3 Å². The Morgan fingerprint density at radius 2 is 1.64 bits per heavy atom. The number of hydrogen-bond donors (Lipinski definition) is 3. The zero-order valence-corrected chi connectivity index (χ0v) is 11.3. The van der Waals surface area contributed by atoms with Gasteiger partial charge < -0.3 is 20.1 Å². The molecule has 0 atom stereocenters. The Bertz CT molecular complexity index is 734. The summed E-state index contributed by atoms with van der Waals surface area (Å²) in [5.41, 5.74) is 0.218. The average Bonchev–Trinajstić information content (AvgIpc) is 2.49. The van der Waals surface area contributed by atoms with Gasteiger partial charge in [-0.1, -0.05) is 36.4 Å². The molecule has 0 aromatic heterocycles. The molecule has 0 unspecified atom stereocenters. The molecule has 0 bridgehead atoms. The molecule has 0 radical (unpaired) electrons. The lowest BCUT2D eigenvalue weighted by atomic mass is 10.2. The van der Waals surface area contributed by atoms with Crippen molar-refractivity contribution in [2.75, 3.05) is 0 Å². The van der Waals surface area contributed by atoms with E-state index in [9.17, 15) is 19.8 Å². The second-order valence-corrected chi connectivity index (χ2v) is 4.28. The number of aromatic carboxylic acids is 1. The fourth-order valence-corrected chi connectivity index (χ4v) is 1.73. The average molecular weight is 300 g/mol. The van der Waals surface area contributed by atoms with Gasteiger partial charge in [-0.2, -0.15) is 0 Å². The van der Waals surface area contributed by atoms with E-state index < -0.39 is 23.4 Å². The van der Waals surface area contributed by atoms with Gasteiger partial charge in [-0.05, 0) is 23.8 Å². The van der Waals surface area contributed by atoms with Gasteiger partial charge >= 0.3 is 11.9 Å². The molecule has 112 valence electrons. The highest BCUT2D eigenvalue weighted by Crippen LogP contribution is 2.31. The van der Waals surface area contributed by atoms with Crippen molar-refractivity contribution in [2.24, 2.45) is 0 Å². The maximum absolute atomic E-state index is 11.2. The number of ether oxygens (including phenoxy) is 1. The maximum atomic E-state index is 11.2. The predicted molar refractivity (Wildman–Crippen MR) is 77.7 cm³/mol. The van der Waals surface area contributed by atoms with Crippen LogP contribution in [0.4, 0.5) is 0 Å². The number of carboxylic acids is 2. The monoisotopic (exact) mass is 300 g/mol. The summed E-state index contributed by atoms with van der Waals surface area (Å²) in [4.78, 5) is 22.2. The number of aliphatic carboxylic acids is 1. The Labute approximate surface area is 125 Å². The van der Waals surface area contributed by atoms with Crippen LogP contribution in [0.5, 0.6) is 11.5 Å². The van der Waals surface area contributed by atoms with Crippen molar-refractivity contribution in [3.8, 4) is 11.5 Å². The molecule has 2 aromatic carbocycles. The van der Waals surface area contributed by atoms with Gasteiger partial charge in [-0.25, -0.2) is 9.59 Å². The normalized spacial score (nSPS) is 11.0. The first-order valence-electron chi connectivity index (χ1n) is 6.22. The van der Waals surface area contributed by atoms with E-state index in [1.54, 1.807) is 30.3 Å². The smallest absolute Gasteiger partial charge is 0.371 e. The summed E-state index contributed by atoms with van der Waals surface area (Å²) >= 11 is 0. The number of carbonyl (C=O) groups is 2. The molecule has 0 spiro atoms. The van der Waals surface area contributed by atoms with Crippen molar-refractivity contribution in [3.63, 3.8) is 0 Å². The molecule has 0 amide bonds. The van der Waals surface area contributed by atoms with Crippen molar-refractivity contribution in [2.45, 2.75) is 0 Å². The topological polar surface area (TPSA) is 104 Å². The summed E-state index contributed by atoms with van der Waals surface area (Å²) in [6.45, 7) is 0. The van der Waals surface area contributed by atoms with Crippen LogP contribution in [0.1, 0.15) is 15.9 Å². The van der Waals surface area contributed by atoms with E-state index in [-0.39, 0.29) is 11.3 Å². The lowest BCUT2D eigenvalue weighted by Gasteiger charge is -2.09. The Balaban J connectivity index is 2.38. The molecule has 6 nitrogen and oxygen atoms in total. The second-order valence-electron chi connectivity index (χ2n) is 4.28. The van der Waals surface area contributed by atoms with Crippen molar-refractivity contribution in [1.29, 1.82) is 0 Å². The molecular formula is C16H12O6. The third-order valence-electron chi connectivity index (χ3n) is 2.76. The molecule has 2 aromatic rings. The Kier molecular flexibility index (Phi) is 4.43. The van der Waals surface area contributed by atoms with Gasteiger partial charge in [0.2, 0.25) is 5.76 Å². The number of rotatable bonds is 5. The van der Waals surface area contributed by atoms with Crippen LogP contribution in [-0.4, -0.2) is 27.3 Å². The van der Waals surface area contributed by atoms with Gasteiger partial charge in [-0.15, -0.1) is 0 Å². The Morgan fingerprint density at radius 3 is 2.23 bits per heavy atom. The first-order valence-corrected chi connectivity index (χ1v) is 6.22. The van der Waals surface area contributed by atoms with E-state index >= 15 is 0 Å². The number of aromatic hydroxyl groups is 1. The van der Waals surface area contributed by atoms with Crippen LogP contribution >= 0.6 is 0 Å². The molecule has 0 saturated carbocycles. The van der Waals surface area contributed by atoms with E-state index in [0.29, 0.717) is 5.56 Å². The summed E-state index contributed by atoms with van der Waals surface area (Å²) in [5.74, 6) is -4.00. The van der Waals surface area contributed by atoms with Gasteiger partial charge in [0.05, 0.1) is 0 Å². The van der Waals surface area contributed by atoms with Crippen LogP contribution in [0.3, 0.4) is 0 Å².